The number of nitrogens with zero attached hydrogens (tertiary/aromatic N) is 3. The normalized spacial score (nSPS) is 9.80. The van der Waals surface area contributed by atoms with Crippen LogP contribution in [0.3, 0.4) is 0 Å². The van der Waals surface area contributed by atoms with Gasteiger partial charge in [-0.2, -0.15) is 5.26 Å². The highest BCUT2D eigenvalue weighted by Gasteiger charge is 2.12. The summed E-state index contributed by atoms with van der Waals surface area (Å²) in [6, 6.07) is 10.3. The fraction of sp³-hybridized carbons (Fsp3) is 0.0714. The minimum Gasteiger partial charge on any atom is -0.478 e. The van der Waals surface area contributed by atoms with Crippen LogP contribution >= 0.6 is 0 Å². The predicted octanol–water partition coefficient (Wildman–Crippen LogP) is 2.00. The average Bonchev–Trinajstić information content (AvgIpc) is 2.47. The van der Waals surface area contributed by atoms with E-state index in [0.717, 1.165) is 5.69 Å². The van der Waals surface area contributed by atoms with E-state index in [-0.39, 0.29) is 11.3 Å². The summed E-state index contributed by atoms with van der Waals surface area (Å²) in [6.07, 6.45) is 1.32. The van der Waals surface area contributed by atoms with E-state index in [1.165, 1.54) is 12.3 Å². The number of pyridine rings is 1. The molecule has 0 fully saturated rings. The van der Waals surface area contributed by atoms with E-state index in [9.17, 15) is 4.79 Å². The zero-order chi connectivity index (χ0) is 14.7. The Morgan fingerprint density at radius 1 is 1.40 bits per heavy atom. The largest absolute Gasteiger partial charge is 0.478 e. The number of anilines is 3. The summed E-state index contributed by atoms with van der Waals surface area (Å²) in [7, 11) is 1.76. The predicted molar refractivity (Wildman–Crippen MR) is 74.8 cm³/mol. The third kappa shape index (κ3) is 2.52. The molecule has 0 saturated heterocycles. The van der Waals surface area contributed by atoms with E-state index >= 15 is 0 Å². The number of rotatable bonds is 3. The number of nitriles is 1. The van der Waals surface area contributed by atoms with Crippen molar-refractivity contribution >= 4 is 23.2 Å². The molecule has 0 amide bonds. The zero-order valence-corrected chi connectivity index (χ0v) is 10.7. The molecule has 0 aliphatic rings. The van der Waals surface area contributed by atoms with Crippen LogP contribution in [0.4, 0.5) is 17.2 Å². The number of carboxylic acid groups (broad SMARTS) is 1. The molecule has 1 aromatic heterocycles. The molecule has 20 heavy (non-hydrogen) atoms. The second kappa shape index (κ2) is 5.28. The lowest BCUT2D eigenvalue weighted by Gasteiger charge is -2.19. The van der Waals surface area contributed by atoms with Crippen LogP contribution < -0.4 is 10.6 Å². The van der Waals surface area contributed by atoms with Gasteiger partial charge in [0.2, 0.25) is 0 Å². The Labute approximate surface area is 115 Å². The minimum absolute atomic E-state index is 0.00972. The van der Waals surface area contributed by atoms with Gasteiger partial charge >= 0.3 is 5.97 Å². The highest BCUT2D eigenvalue weighted by molar-refractivity contribution is 5.94. The first-order valence-corrected chi connectivity index (χ1v) is 5.75. The van der Waals surface area contributed by atoms with Crippen molar-refractivity contribution in [2.75, 3.05) is 17.7 Å². The summed E-state index contributed by atoms with van der Waals surface area (Å²) in [5, 5.41) is 17.8. The van der Waals surface area contributed by atoms with E-state index < -0.39 is 5.97 Å². The highest BCUT2D eigenvalue weighted by atomic mass is 16.4. The summed E-state index contributed by atoms with van der Waals surface area (Å²) in [6.45, 7) is 0. The van der Waals surface area contributed by atoms with Crippen molar-refractivity contribution in [3.05, 3.63) is 47.7 Å². The van der Waals surface area contributed by atoms with Crippen molar-refractivity contribution in [3.8, 4) is 6.07 Å². The molecule has 0 bridgehead atoms. The van der Waals surface area contributed by atoms with Gasteiger partial charge in [-0.25, -0.2) is 9.78 Å². The first-order valence-electron chi connectivity index (χ1n) is 5.75. The molecule has 3 N–H and O–H groups in total. The summed E-state index contributed by atoms with van der Waals surface area (Å²) >= 11 is 0. The summed E-state index contributed by atoms with van der Waals surface area (Å²) in [5.41, 5.74) is 7.04. The van der Waals surface area contributed by atoms with Crippen molar-refractivity contribution in [3.63, 3.8) is 0 Å². The van der Waals surface area contributed by atoms with Gasteiger partial charge in [-0.1, -0.05) is 0 Å². The van der Waals surface area contributed by atoms with Crippen LogP contribution in [0.15, 0.2) is 36.5 Å². The molecule has 0 saturated carbocycles. The Balaban J connectivity index is 2.37. The minimum atomic E-state index is -1.10. The first-order chi connectivity index (χ1) is 9.52. The van der Waals surface area contributed by atoms with Crippen molar-refractivity contribution < 1.29 is 9.90 Å². The van der Waals surface area contributed by atoms with Crippen molar-refractivity contribution in [2.45, 2.75) is 0 Å². The molecular weight excluding hydrogens is 256 g/mol. The fourth-order valence-corrected chi connectivity index (χ4v) is 1.72. The van der Waals surface area contributed by atoms with Crippen molar-refractivity contribution in [2.24, 2.45) is 0 Å². The molecular formula is C14H12N4O2. The molecule has 0 unspecified atom stereocenters. The number of nitrogens with two attached hydrogens (primary N) is 1. The van der Waals surface area contributed by atoms with Crippen LogP contribution in [-0.2, 0) is 0 Å². The molecule has 1 aromatic carbocycles. The molecule has 100 valence electrons. The third-order valence-electron chi connectivity index (χ3n) is 2.88. The number of hydrogen-bond acceptors (Lipinski definition) is 5. The van der Waals surface area contributed by atoms with E-state index in [1.54, 1.807) is 36.2 Å². The van der Waals surface area contributed by atoms with Gasteiger partial charge in [0, 0.05) is 12.7 Å². The third-order valence-corrected chi connectivity index (χ3v) is 2.88. The Kier molecular flexibility index (Phi) is 3.53. The topological polar surface area (TPSA) is 103 Å². The van der Waals surface area contributed by atoms with Gasteiger partial charge < -0.3 is 15.7 Å². The Bertz CT molecular complexity index is 689. The monoisotopic (exact) mass is 268 g/mol. The van der Waals surface area contributed by atoms with Crippen molar-refractivity contribution in [1.29, 1.82) is 5.26 Å². The van der Waals surface area contributed by atoms with E-state index in [1.807, 2.05) is 6.07 Å². The van der Waals surface area contributed by atoms with Gasteiger partial charge in [-0.05, 0) is 30.3 Å². The zero-order valence-electron chi connectivity index (χ0n) is 10.7. The second-order valence-electron chi connectivity index (χ2n) is 4.15. The summed E-state index contributed by atoms with van der Waals surface area (Å²) in [4.78, 5) is 16.9. The van der Waals surface area contributed by atoms with Crippen LogP contribution in [0.2, 0.25) is 0 Å². The van der Waals surface area contributed by atoms with Crippen molar-refractivity contribution in [1.82, 2.24) is 4.98 Å². The molecule has 2 aromatic rings. The van der Waals surface area contributed by atoms with Gasteiger partial charge in [0.15, 0.2) is 0 Å². The van der Waals surface area contributed by atoms with Gasteiger partial charge in [-0.15, -0.1) is 0 Å². The fourth-order valence-electron chi connectivity index (χ4n) is 1.72. The number of carbonyl (C=O) groups is 1. The van der Waals surface area contributed by atoms with Gasteiger partial charge in [0.25, 0.3) is 0 Å². The summed E-state index contributed by atoms with van der Waals surface area (Å²) < 4.78 is 0. The van der Waals surface area contributed by atoms with E-state index in [4.69, 9.17) is 16.1 Å². The Morgan fingerprint density at radius 3 is 2.60 bits per heavy atom. The Morgan fingerprint density at radius 2 is 2.05 bits per heavy atom. The number of aromatic carboxylic acids is 1. The van der Waals surface area contributed by atoms with Crippen LogP contribution in [-0.4, -0.2) is 23.1 Å². The highest BCUT2D eigenvalue weighted by Crippen LogP contribution is 2.24. The lowest BCUT2D eigenvalue weighted by Crippen LogP contribution is -2.13. The quantitative estimate of drug-likeness (QED) is 0.882. The molecule has 6 nitrogen and oxygen atoms in total. The molecule has 0 aliphatic heterocycles. The maximum Gasteiger partial charge on any atom is 0.337 e. The summed E-state index contributed by atoms with van der Waals surface area (Å²) in [5.74, 6) is -0.638. The molecule has 0 radical (unpaired) electrons. The second-order valence-corrected chi connectivity index (χ2v) is 4.15. The van der Waals surface area contributed by atoms with E-state index in [0.29, 0.717) is 11.4 Å². The van der Waals surface area contributed by atoms with Gasteiger partial charge in [-0.3, -0.25) is 0 Å². The van der Waals surface area contributed by atoms with Crippen LogP contribution in [0, 0.1) is 11.3 Å². The van der Waals surface area contributed by atoms with Crippen LogP contribution in [0.25, 0.3) is 0 Å². The van der Waals surface area contributed by atoms with Gasteiger partial charge in [0.05, 0.1) is 29.1 Å². The maximum atomic E-state index is 11.1. The number of hydrogen-bond donors (Lipinski definition) is 2. The van der Waals surface area contributed by atoms with Crippen LogP contribution in [0.5, 0.6) is 0 Å². The standard InChI is InChI=1S/C14H12N4O2/c1-18(10-4-2-9(7-15)3-5-10)13-6-11(14(19)20)12(16)8-17-13/h2-6,8H,16H2,1H3,(H,19,20). The average molecular weight is 268 g/mol. The first kappa shape index (κ1) is 13.4. The number of aromatic nitrogens is 1. The molecule has 1 heterocycles. The SMILES string of the molecule is CN(c1ccc(C#N)cc1)c1cc(C(=O)O)c(N)cn1. The lowest BCUT2D eigenvalue weighted by atomic mass is 10.2. The smallest absolute Gasteiger partial charge is 0.337 e. The van der Waals surface area contributed by atoms with Crippen LogP contribution in [0.1, 0.15) is 15.9 Å². The Hall–Kier alpha value is -3.07. The maximum absolute atomic E-state index is 11.1. The van der Waals surface area contributed by atoms with Gasteiger partial charge in [0.1, 0.15) is 5.82 Å². The molecule has 0 aliphatic carbocycles. The number of carboxylic acids is 1. The number of benzene rings is 1. The van der Waals surface area contributed by atoms with E-state index in [2.05, 4.69) is 4.98 Å². The molecule has 0 atom stereocenters. The molecule has 2 rings (SSSR count). The lowest BCUT2D eigenvalue weighted by molar-refractivity contribution is 0.0698. The molecule has 0 spiro atoms. The number of nitrogen functional groups attached to an aromatic ring is 1. The molecule has 6 heteroatoms.